The number of benzene rings is 1. The van der Waals surface area contributed by atoms with Gasteiger partial charge in [-0.3, -0.25) is 0 Å². The van der Waals surface area contributed by atoms with Crippen LogP contribution in [-0.2, 0) is 13.0 Å². The summed E-state index contributed by atoms with van der Waals surface area (Å²) in [6.07, 6.45) is 1.98. The molecule has 138 valence electrons. The van der Waals surface area contributed by atoms with Crippen molar-refractivity contribution in [1.82, 2.24) is 15.6 Å². The van der Waals surface area contributed by atoms with Crippen molar-refractivity contribution in [3.63, 3.8) is 0 Å². The normalized spacial score (nSPS) is 11.1. The summed E-state index contributed by atoms with van der Waals surface area (Å²) in [7, 11) is 0. The smallest absolute Gasteiger partial charge is 0.191 e. The summed E-state index contributed by atoms with van der Waals surface area (Å²) < 4.78 is 13.3. The first-order chi connectivity index (χ1) is 11.6. The van der Waals surface area contributed by atoms with Crippen molar-refractivity contribution in [1.29, 1.82) is 0 Å². The van der Waals surface area contributed by atoms with Gasteiger partial charge in [0, 0.05) is 30.6 Å². The molecule has 4 nitrogen and oxygen atoms in total. The van der Waals surface area contributed by atoms with Crippen molar-refractivity contribution in [2.45, 2.75) is 40.2 Å². The fourth-order valence-corrected chi connectivity index (χ4v) is 3.10. The largest absolute Gasteiger partial charge is 0.357 e. The molecule has 0 radical (unpaired) electrons. The van der Waals surface area contributed by atoms with E-state index in [1.165, 1.54) is 11.1 Å². The zero-order valence-electron chi connectivity index (χ0n) is 14.9. The SMILES string of the molecule is CCNC(=NCc1ccc(F)c(C)c1)NCCCc1nc(C)cs1.I. The van der Waals surface area contributed by atoms with Gasteiger partial charge >= 0.3 is 0 Å². The van der Waals surface area contributed by atoms with Crippen molar-refractivity contribution in [2.24, 2.45) is 4.99 Å². The Kier molecular flexibility index (Phi) is 9.96. The lowest BCUT2D eigenvalue weighted by atomic mass is 10.1. The fraction of sp³-hybridized carbons (Fsp3) is 0.444. The summed E-state index contributed by atoms with van der Waals surface area (Å²) in [6, 6.07) is 5.12. The Morgan fingerprint density at radius 3 is 2.72 bits per heavy atom. The van der Waals surface area contributed by atoms with Gasteiger partial charge in [-0.25, -0.2) is 14.4 Å². The van der Waals surface area contributed by atoms with Crippen molar-refractivity contribution >= 4 is 41.3 Å². The highest BCUT2D eigenvalue weighted by atomic mass is 127. The Morgan fingerprint density at radius 2 is 2.08 bits per heavy atom. The second-order valence-corrected chi connectivity index (χ2v) is 6.63. The number of hydrogen-bond donors (Lipinski definition) is 2. The minimum absolute atomic E-state index is 0. The number of rotatable bonds is 7. The molecule has 0 spiro atoms. The standard InChI is InChI=1S/C18H25FN4S.HI/c1-4-20-18(21-9-5-6-17-23-14(3)12-24-17)22-11-15-7-8-16(19)13(2)10-15;/h7-8,10,12H,4-6,9,11H2,1-3H3,(H2,20,21,22);1H. The molecule has 0 saturated carbocycles. The third kappa shape index (κ3) is 7.68. The van der Waals surface area contributed by atoms with Gasteiger partial charge in [-0.15, -0.1) is 35.3 Å². The number of aryl methyl sites for hydroxylation is 3. The lowest BCUT2D eigenvalue weighted by molar-refractivity contribution is 0.617. The summed E-state index contributed by atoms with van der Waals surface area (Å²) in [4.78, 5) is 9.03. The van der Waals surface area contributed by atoms with E-state index in [2.05, 4.69) is 26.0 Å². The van der Waals surface area contributed by atoms with Gasteiger partial charge in [0.25, 0.3) is 0 Å². The third-order valence-electron chi connectivity index (χ3n) is 3.51. The molecule has 2 aromatic rings. The second-order valence-electron chi connectivity index (χ2n) is 5.69. The van der Waals surface area contributed by atoms with Crippen LogP contribution in [0.2, 0.25) is 0 Å². The van der Waals surface area contributed by atoms with E-state index in [4.69, 9.17) is 0 Å². The molecule has 0 aliphatic carbocycles. The minimum Gasteiger partial charge on any atom is -0.357 e. The fourth-order valence-electron chi connectivity index (χ4n) is 2.28. The number of nitrogens with one attached hydrogen (secondary N) is 2. The molecule has 0 bridgehead atoms. The molecule has 1 heterocycles. The van der Waals surface area contributed by atoms with E-state index in [0.29, 0.717) is 12.1 Å². The number of halogens is 2. The Labute approximate surface area is 170 Å². The number of thiazole rings is 1. The van der Waals surface area contributed by atoms with Gasteiger partial charge in [0.15, 0.2) is 5.96 Å². The van der Waals surface area contributed by atoms with Gasteiger partial charge in [0.2, 0.25) is 0 Å². The molecule has 2 rings (SSSR count). The summed E-state index contributed by atoms with van der Waals surface area (Å²) in [6.45, 7) is 8.00. The van der Waals surface area contributed by atoms with Crippen LogP contribution in [0.5, 0.6) is 0 Å². The van der Waals surface area contributed by atoms with E-state index in [1.807, 2.05) is 19.9 Å². The van der Waals surface area contributed by atoms with Crippen LogP contribution in [0.3, 0.4) is 0 Å². The van der Waals surface area contributed by atoms with E-state index < -0.39 is 0 Å². The van der Waals surface area contributed by atoms with Crippen LogP contribution >= 0.6 is 35.3 Å². The lowest BCUT2D eigenvalue weighted by Crippen LogP contribution is -2.37. The van der Waals surface area contributed by atoms with Crippen LogP contribution in [0.15, 0.2) is 28.6 Å². The van der Waals surface area contributed by atoms with E-state index in [1.54, 1.807) is 24.3 Å². The van der Waals surface area contributed by atoms with Crippen LogP contribution in [0.25, 0.3) is 0 Å². The molecule has 0 unspecified atom stereocenters. The van der Waals surface area contributed by atoms with Crippen LogP contribution in [-0.4, -0.2) is 24.0 Å². The van der Waals surface area contributed by atoms with Gasteiger partial charge in [0.05, 0.1) is 11.6 Å². The molecule has 0 saturated heterocycles. The number of aromatic nitrogens is 1. The first kappa shape index (κ1) is 21.8. The highest BCUT2D eigenvalue weighted by Gasteiger charge is 2.02. The van der Waals surface area contributed by atoms with Gasteiger partial charge < -0.3 is 10.6 Å². The van der Waals surface area contributed by atoms with E-state index in [9.17, 15) is 4.39 Å². The molecule has 2 N–H and O–H groups in total. The molecule has 0 amide bonds. The minimum atomic E-state index is -0.176. The first-order valence-corrected chi connectivity index (χ1v) is 9.14. The van der Waals surface area contributed by atoms with Crippen molar-refractivity contribution < 1.29 is 4.39 Å². The highest BCUT2D eigenvalue weighted by molar-refractivity contribution is 14.0. The second kappa shape index (κ2) is 11.4. The predicted molar refractivity (Wildman–Crippen MR) is 115 cm³/mol. The quantitative estimate of drug-likeness (QED) is 0.273. The molecule has 7 heteroatoms. The third-order valence-corrected chi connectivity index (χ3v) is 4.54. The number of nitrogens with zero attached hydrogens (tertiary/aromatic N) is 2. The zero-order valence-corrected chi connectivity index (χ0v) is 18.1. The zero-order chi connectivity index (χ0) is 17.4. The van der Waals surface area contributed by atoms with Crippen LogP contribution < -0.4 is 10.6 Å². The maximum absolute atomic E-state index is 13.3. The molecule has 0 aliphatic heterocycles. The van der Waals surface area contributed by atoms with Crippen molar-refractivity contribution in [2.75, 3.05) is 13.1 Å². The Balaban J connectivity index is 0.00000312. The molecule has 0 aliphatic rings. The Morgan fingerprint density at radius 1 is 1.28 bits per heavy atom. The van der Waals surface area contributed by atoms with Crippen LogP contribution in [0.4, 0.5) is 4.39 Å². The highest BCUT2D eigenvalue weighted by Crippen LogP contribution is 2.11. The van der Waals surface area contributed by atoms with E-state index in [-0.39, 0.29) is 29.8 Å². The molecule has 1 aromatic carbocycles. The summed E-state index contributed by atoms with van der Waals surface area (Å²) in [5, 5.41) is 9.83. The van der Waals surface area contributed by atoms with Crippen molar-refractivity contribution in [3.05, 3.63) is 51.2 Å². The number of aliphatic imine (C=N–C) groups is 1. The monoisotopic (exact) mass is 476 g/mol. The molecular weight excluding hydrogens is 450 g/mol. The van der Waals surface area contributed by atoms with Gasteiger partial charge in [-0.2, -0.15) is 0 Å². The molecular formula is C18H26FIN4S. The number of guanidine groups is 1. The number of hydrogen-bond acceptors (Lipinski definition) is 3. The molecule has 25 heavy (non-hydrogen) atoms. The first-order valence-electron chi connectivity index (χ1n) is 8.26. The van der Waals surface area contributed by atoms with Gasteiger partial charge in [0.1, 0.15) is 5.82 Å². The topological polar surface area (TPSA) is 49.3 Å². The van der Waals surface area contributed by atoms with Crippen LogP contribution in [0.1, 0.15) is 35.2 Å². The van der Waals surface area contributed by atoms with Gasteiger partial charge in [-0.1, -0.05) is 12.1 Å². The molecule has 0 fully saturated rings. The van der Waals surface area contributed by atoms with Crippen molar-refractivity contribution in [3.8, 4) is 0 Å². The average Bonchev–Trinajstić information content (AvgIpc) is 2.97. The van der Waals surface area contributed by atoms with E-state index in [0.717, 1.165) is 43.1 Å². The maximum atomic E-state index is 13.3. The summed E-state index contributed by atoms with van der Waals surface area (Å²) in [5.74, 6) is 0.611. The predicted octanol–water partition coefficient (Wildman–Crippen LogP) is 4.20. The van der Waals surface area contributed by atoms with Crippen LogP contribution in [0, 0.1) is 19.7 Å². The Hall–Kier alpha value is -1.22. The lowest BCUT2D eigenvalue weighted by Gasteiger charge is -2.11. The molecule has 0 atom stereocenters. The van der Waals surface area contributed by atoms with E-state index >= 15 is 0 Å². The summed E-state index contributed by atoms with van der Waals surface area (Å²) in [5.41, 5.74) is 2.75. The summed E-state index contributed by atoms with van der Waals surface area (Å²) >= 11 is 1.71. The molecule has 1 aromatic heterocycles. The Bertz CT molecular complexity index is 687. The average molecular weight is 476 g/mol. The maximum Gasteiger partial charge on any atom is 0.191 e. The van der Waals surface area contributed by atoms with Gasteiger partial charge in [-0.05, 0) is 44.4 Å².